The number of likely N-dealkylation sites (tertiary alicyclic amines) is 1. The van der Waals surface area contributed by atoms with Crippen molar-refractivity contribution in [3.05, 3.63) is 35.4 Å². The third kappa shape index (κ3) is 4.04. The fourth-order valence-corrected chi connectivity index (χ4v) is 2.85. The lowest BCUT2D eigenvalue weighted by Crippen LogP contribution is -2.45. The number of alkyl halides is 3. The van der Waals surface area contributed by atoms with Crippen molar-refractivity contribution in [3.63, 3.8) is 0 Å². The summed E-state index contributed by atoms with van der Waals surface area (Å²) in [7, 11) is 0. The zero-order valence-electron chi connectivity index (χ0n) is 12.6. The number of nitriles is 1. The molecule has 8 heteroatoms. The van der Waals surface area contributed by atoms with E-state index in [2.05, 4.69) is 0 Å². The molecular formula is C16H15F3N2O3. The van der Waals surface area contributed by atoms with E-state index < -0.39 is 29.5 Å². The highest BCUT2D eigenvalue weighted by Crippen LogP contribution is 2.34. The molecular weight excluding hydrogens is 325 g/mol. The number of aliphatic carboxylic acids is 1. The third-order valence-electron chi connectivity index (χ3n) is 4.09. The largest absolute Gasteiger partial charge is 0.481 e. The standard InChI is InChI=1S/C16H15F3N2O3/c17-16(18,19)13-3-1-10(2-4-13)11-7-12(15(23)24)9-21(8-11)14(22)5-6-20/h1-4,11-12H,5,7-9H2,(H,23,24). The first kappa shape index (κ1) is 17.8. The van der Waals surface area contributed by atoms with Gasteiger partial charge in [-0.1, -0.05) is 12.1 Å². The summed E-state index contributed by atoms with van der Waals surface area (Å²) < 4.78 is 37.9. The Labute approximate surface area is 136 Å². The van der Waals surface area contributed by atoms with Crippen LogP contribution in [0.1, 0.15) is 29.9 Å². The number of piperidine rings is 1. The Kier molecular flexibility index (Phi) is 5.12. The average molecular weight is 340 g/mol. The number of hydrogen-bond donors (Lipinski definition) is 1. The number of carboxylic acid groups (broad SMARTS) is 1. The van der Waals surface area contributed by atoms with Crippen LogP contribution in [-0.4, -0.2) is 35.0 Å². The number of hydrogen-bond acceptors (Lipinski definition) is 3. The van der Waals surface area contributed by atoms with Gasteiger partial charge in [0.1, 0.15) is 6.42 Å². The molecule has 5 nitrogen and oxygen atoms in total. The lowest BCUT2D eigenvalue weighted by atomic mass is 9.84. The lowest BCUT2D eigenvalue weighted by Gasteiger charge is -2.36. The van der Waals surface area contributed by atoms with Crippen molar-refractivity contribution in [1.29, 1.82) is 5.26 Å². The maximum atomic E-state index is 12.6. The summed E-state index contributed by atoms with van der Waals surface area (Å²) in [5, 5.41) is 17.8. The van der Waals surface area contributed by atoms with Gasteiger partial charge in [0.15, 0.2) is 0 Å². The normalized spacial score (nSPS) is 21.2. The minimum Gasteiger partial charge on any atom is -0.481 e. The van der Waals surface area contributed by atoms with E-state index in [9.17, 15) is 27.9 Å². The van der Waals surface area contributed by atoms with Crippen LogP contribution in [0.25, 0.3) is 0 Å². The fourth-order valence-electron chi connectivity index (χ4n) is 2.85. The molecule has 1 amide bonds. The summed E-state index contributed by atoms with van der Waals surface area (Å²) in [6.45, 7) is 0.197. The maximum absolute atomic E-state index is 12.6. The van der Waals surface area contributed by atoms with Crippen molar-refractivity contribution in [2.24, 2.45) is 5.92 Å². The second-order valence-electron chi connectivity index (χ2n) is 5.72. The molecule has 0 radical (unpaired) electrons. The van der Waals surface area contributed by atoms with Crippen LogP contribution in [0, 0.1) is 17.2 Å². The number of carbonyl (C=O) groups excluding carboxylic acids is 1. The molecule has 1 aromatic rings. The Balaban J connectivity index is 2.22. The topological polar surface area (TPSA) is 81.4 Å². The van der Waals surface area contributed by atoms with Crippen LogP contribution < -0.4 is 0 Å². The van der Waals surface area contributed by atoms with E-state index in [0.717, 1.165) is 12.1 Å². The van der Waals surface area contributed by atoms with Crippen molar-refractivity contribution < 1.29 is 27.9 Å². The molecule has 0 saturated carbocycles. The molecule has 1 fully saturated rings. The number of benzene rings is 1. The second kappa shape index (κ2) is 6.91. The molecule has 1 heterocycles. The summed E-state index contributed by atoms with van der Waals surface area (Å²) in [5.41, 5.74) is -0.238. The van der Waals surface area contributed by atoms with Crippen LogP contribution in [-0.2, 0) is 15.8 Å². The van der Waals surface area contributed by atoms with Crippen LogP contribution in [0.5, 0.6) is 0 Å². The van der Waals surface area contributed by atoms with Crippen molar-refractivity contribution >= 4 is 11.9 Å². The zero-order chi connectivity index (χ0) is 17.9. The van der Waals surface area contributed by atoms with E-state index in [4.69, 9.17) is 5.26 Å². The highest BCUT2D eigenvalue weighted by molar-refractivity contribution is 5.79. The van der Waals surface area contributed by atoms with Gasteiger partial charge in [-0.3, -0.25) is 9.59 Å². The smallest absolute Gasteiger partial charge is 0.416 e. The molecule has 2 unspecified atom stereocenters. The Morgan fingerprint density at radius 3 is 2.38 bits per heavy atom. The number of carbonyl (C=O) groups is 2. The van der Waals surface area contributed by atoms with Gasteiger partial charge >= 0.3 is 12.1 Å². The fraction of sp³-hybridized carbons (Fsp3) is 0.438. The van der Waals surface area contributed by atoms with Gasteiger partial charge in [0, 0.05) is 19.0 Å². The minimum atomic E-state index is -4.44. The summed E-state index contributed by atoms with van der Waals surface area (Å²) in [4.78, 5) is 24.5. The molecule has 1 aliphatic heterocycles. The first-order valence-electron chi connectivity index (χ1n) is 7.27. The maximum Gasteiger partial charge on any atom is 0.416 e. The molecule has 1 saturated heterocycles. The van der Waals surface area contributed by atoms with Gasteiger partial charge < -0.3 is 10.0 Å². The van der Waals surface area contributed by atoms with Gasteiger partial charge in [0.05, 0.1) is 17.6 Å². The van der Waals surface area contributed by atoms with E-state index in [0.29, 0.717) is 5.56 Å². The highest BCUT2D eigenvalue weighted by atomic mass is 19.4. The number of nitrogens with zero attached hydrogens (tertiary/aromatic N) is 2. The van der Waals surface area contributed by atoms with E-state index >= 15 is 0 Å². The molecule has 24 heavy (non-hydrogen) atoms. The summed E-state index contributed by atoms with van der Waals surface area (Å²) in [6.07, 6.45) is -4.56. The van der Waals surface area contributed by atoms with E-state index in [1.807, 2.05) is 0 Å². The van der Waals surface area contributed by atoms with Crippen LogP contribution >= 0.6 is 0 Å². The number of rotatable bonds is 3. The number of amides is 1. The van der Waals surface area contributed by atoms with Crippen molar-refractivity contribution in [2.45, 2.75) is 24.9 Å². The SMILES string of the molecule is N#CCC(=O)N1CC(C(=O)O)CC(c2ccc(C(F)(F)F)cc2)C1. The Morgan fingerprint density at radius 2 is 1.88 bits per heavy atom. The van der Waals surface area contributed by atoms with E-state index in [-0.39, 0.29) is 31.8 Å². The Morgan fingerprint density at radius 1 is 1.25 bits per heavy atom. The Bertz CT molecular complexity index is 665. The number of carboxylic acids is 1. The molecule has 2 atom stereocenters. The van der Waals surface area contributed by atoms with Gasteiger partial charge in [-0.15, -0.1) is 0 Å². The first-order valence-corrected chi connectivity index (χ1v) is 7.27. The van der Waals surface area contributed by atoms with E-state index in [1.165, 1.54) is 17.0 Å². The molecule has 0 spiro atoms. The zero-order valence-corrected chi connectivity index (χ0v) is 12.6. The Hall–Kier alpha value is -2.56. The molecule has 1 aliphatic rings. The van der Waals surface area contributed by atoms with Gasteiger partial charge in [-0.25, -0.2) is 0 Å². The average Bonchev–Trinajstić information content (AvgIpc) is 2.54. The second-order valence-corrected chi connectivity index (χ2v) is 5.72. The molecule has 128 valence electrons. The van der Waals surface area contributed by atoms with Gasteiger partial charge in [-0.2, -0.15) is 18.4 Å². The highest BCUT2D eigenvalue weighted by Gasteiger charge is 2.35. The van der Waals surface area contributed by atoms with Crippen LogP contribution in [0.4, 0.5) is 13.2 Å². The quantitative estimate of drug-likeness (QED) is 0.917. The van der Waals surface area contributed by atoms with Gasteiger partial charge in [0.25, 0.3) is 0 Å². The summed E-state index contributed by atoms with van der Waals surface area (Å²) in [6, 6.07) is 6.24. The molecule has 1 aromatic carbocycles. The first-order chi connectivity index (χ1) is 11.2. The summed E-state index contributed by atoms with van der Waals surface area (Å²) >= 11 is 0. The van der Waals surface area contributed by atoms with Crippen LogP contribution in [0.15, 0.2) is 24.3 Å². The van der Waals surface area contributed by atoms with Crippen molar-refractivity contribution in [1.82, 2.24) is 4.90 Å². The predicted octanol–water partition coefficient (Wildman–Crippen LogP) is 2.64. The monoisotopic (exact) mass is 340 g/mol. The molecule has 0 aliphatic carbocycles. The molecule has 0 bridgehead atoms. The van der Waals surface area contributed by atoms with Crippen LogP contribution in [0.3, 0.4) is 0 Å². The van der Waals surface area contributed by atoms with Crippen LogP contribution in [0.2, 0.25) is 0 Å². The van der Waals surface area contributed by atoms with E-state index in [1.54, 1.807) is 6.07 Å². The van der Waals surface area contributed by atoms with Gasteiger partial charge in [0.2, 0.25) is 5.91 Å². The lowest BCUT2D eigenvalue weighted by molar-refractivity contribution is -0.146. The molecule has 2 rings (SSSR count). The minimum absolute atomic E-state index is 0.00693. The summed E-state index contributed by atoms with van der Waals surface area (Å²) in [5.74, 6) is -2.74. The van der Waals surface area contributed by atoms with Crippen molar-refractivity contribution in [2.75, 3.05) is 13.1 Å². The molecule has 0 aromatic heterocycles. The number of halogens is 3. The van der Waals surface area contributed by atoms with Crippen molar-refractivity contribution in [3.8, 4) is 6.07 Å². The molecule has 1 N–H and O–H groups in total. The predicted molar refractivity (Wildman–Crippen MR) is 76.7 cm³/mol. The third-order valence-corrected chi connectivity index (χ3v) is 4.09. The van der Waals surface area contributed by atoms with Gasteiger partial charge in [-0.05, 0) is 24.1 Å².